The van der Waals surface area contributed by atoms with E-state index in [0.717, 1.165) is 0 Å². The fraction of sp³-hybridized carbons (Fsp3) is 0.550. The second kappa shape index (κ2) is 10.0. The molecule has 0 unspecified atom stereocenters. The molecule has 0 spiro atoms. The summed E-state index contributed by atoms with van der Waals surface area (Å²) in [7, 11) is -0.852. The molecular weight excluding hydrogens is 430 g/mol. The van der Waals surface area contributed by atoms with Crippen LogP contribution in [0, 0.1) is 18.4 Å². The molecule has 1 aromatic carbocycles. The van der Waals surface area contributed by atoms with Crippen molar-refractivity contribution in [1.29, 1.82) is 0 Å². The molecule has 3 rings (SSSR count). The van der Waals surface area contributed by atoms with Crippen LogP contribution in [0.4, 0.5) is 0 Å². The first-order chi connectivity index (χ1) is 9.66. The van der Waals surface area contributed by atoms with Gasteiger partial charge in [-0.25, -0.2) is 16.8 Å². The summed E-state index contributed by atoms with van der Waals surface area (Å²) in [5, 5.41) is 1.70. The van der Waals surface area contributed by atoms with Crippen LogP contribution in [0.1, 0.15) is 46.6 Å². The number of aryl methyl sites for hydroxylation is 1. The van der Waals surface area contributed by atoms with Gasteiger partial charge in [0, 0.05) is 8.07 Å². The average Bonchev–Trinajstić information content (AvgIpc) is 2.87. The molecule has 24 heavy (non-hydrogen) atoms. The number of hydrogen-bond donors (Lipinski definition) is 0. The predicted molar refractivity (Wildman–Crippen MR) is 96.8 cm³/mol. The van der Waals surface area contributed by atoms with E-state index < -0.39 is 8.07 Å². The number of rotatable bonds is 1. The van der Waals surface area contributed by atoms with Gasteiger partial charge >= 0.3 is 26.2 Å². The summed E-state index contributed by atoms with van der Waals surface area (Å²) in [4.78, 5) is 0. The minimum Gasteiger partial charge on any atom is -1.00 e. The topological polar surface area (TPSA) is 0 Å². The van der Waals surface area contributed by atoms with Gasteiger partial charge in [-0.2, -0.15) is 28.8 Å². The van der Waals surface area contributed by atoms with E-state index in [1.807, 2.05) is 0 Å². The van der Waals surface area contributed by atoms with Crippen molar-refractivity contribution in [3.63, 3.8) is 0 Å². The SMILES string of the molecule is CC1=[C-]C(C)(C)C(C)=C1C.C[c-]1ccc([Si]2(C)CCC2)c1.[Cl-].[Cl-].[Zr+4]. The van der Waals surface area contributed by atoms with Crippen molar-refractivity contribution >= 4 is 13.3 Å². The standard InChI is InChI=1S/C10H15Si.C10H15.2ClH.Zr/c1-9-4-5-10(8-9)11(2)6-3-7-11;1-7-6-10(4,5)9(3)8(7)2;;;/h4-5,8H,3,6-7H2,1-2H3;1-5H3;2*1H;/q2*-1;;;+4/p-2. The van der Waals surface area contributed by atoms with Crippen LogP contribution in [0.5, 0.6) is 0 Å². The molecule has 1 saturated heterocycles. The number of halogens is 2. The van der Waals surface area contributed by atoms with E-state index in [0.29, 0.717) is 0 Å². The number of allylic oxidation sites excluding steroid dienone is 4. The maximum absolute atomic E-state index is 3.44. The molecule has 1 aliphatic heterocycles. The normalized spacial score (nSPS) is 19.5. The zero-order valence-electron chi connectivity index (χ0n) is 16.1. The molecule has 1 aliphatic carbocycles. The largest absolute Gasteiger partial charge is 4.00 e. The first-order valence-corrected chi connectivity index (χ1v) is 11.1. The van der Waals surface area contributed by atoms with Gasteiger partial charge in [0.05, 0.1) is 0 Å². The predicted octanol–water partition coefficient (Wildman–Crippen LogP) is -0.479. The third kappa shape index (κ3) is 5.76. The van der Waals surface area contributed by atoms with E-state index in [-0.39, 0.29) is 56.4 Å². The molecule has 0 radical (unpaired) electrons. The molecule has 2 aliphatic rings. The molecule has 0 amide bonds. The molecule has 0 bridgehead atoms. The molecule has 4 heteroatoms. The monoisotopic (exact) mass is 458 g/mol. The quantitative estimate of drug-likeness (QED) is 0.392. The molecule has 1 aromatic rings. The molecule has 0 aromatic heterocycles. The maximum Gasteiger partial charge on any atom is 4.00 e. The van der Waals surface area contributed by atoms with Crippen molar-refractivity contribution in [3.05, 3.63) is 46.6 Å². The van der Waals surface area contributed by atoms with Gasteiger partial charge < -0.3 is 24.8 Å². The van der Waals surface area contributed by atoms with Crippen molar-refractivity contribution < 1.29 is 51.0 Å². The maximum atomic E-state index is 3.44. The molecule has 132 valence electrons. The zero-order chi connectivity index (χ0) is 15.8. The molecule has 0 saturated carbocycles. The fourth-order valence-corrected chi connectivity index (χ4v) is 6.39. The van der Waals surface area contributed by atoms with Gasteiger partial charge in [0.25, 0.3) is 0 Å². The van der Waals surface area contributed by atoms with Gasteiger partial charge in [-0.3, -0.25) is 6.08 Å². The molecule has 0 atom stereocenters. The molecular formula is C20H30Cl2SiZr. The Hall–Kier alpha value is 0.510. The summed E-state index contributed by atoms with van der Waals surface area (Å²) in [5.41, 5.74) is 5.84. The molecule has 1 fully saturated rings. The van der Waals surface area contributed by atoms with Gasteiger partial charge in [-0.1, -0.05) is 65.1 Å². The van der Waals surface area contributed by atoms with Gasteiger partial charge in [-0.15, -0.1) is 6.92 Å². The smallest absolute Gasteiger partial charge is 1.00 e. The van der Waals surface area contributed by atoms with Crippen LogP contribution in [0.15, 0.2) is 34.9 Å². The third-order valence-corrected chi connectivity index (χ3v) is 10.2. The van der Waals surface area contributed by atoms with Crippen molar-refractivity contribution in [2.75, 3.05) is 0 Å². The fourth-order valence-electron chi connectivity index (χ4n) is 3.34. The van der Waals surface area contributed by atoms with Gasteiger partial charge in [0.2, 0.25) is 0 Å². The van der Waals surface area contributed by atoms with E-state index in [2.05, 4.69) is 72.4 Å². The van der Waals surface area contributed by atoms with Gasteiger partial charge in [0.1, 0.15) is 0 Å². The zero-order valence-corrected chi connectivity index (χ0v) is 21.1. The van der Waals surface area contributed by atoms with E-state index in [9.17, 15) is 0 Å². The van der Waals surface area contributed by atoms with Crippen LogP contribution in [0.3, 0.4) is 0 Å². The second-order valence-corrected chi connectivity index (χ2v) is 12.4. The molecule has 1 heterocycles. The van der Waals surface area contributed by atoms with Crippen molar-refractivity contribution in [2.24, 2.45) is 5.41 Å². The third-order valence-electron chi connectivity index (χ3n) is 5.63. The molecule has 0 N–H and O–H groups in total. The van der Waals surface area contributed by atoms with Crippen molar-refractivity contribution in [3.8, 4) is 0 Å². The van der Waals surface area contributed by atoms with Crippen LogP contribution < -0.4 is 30.0 Å². The van der Waals surface area contributed by atoms with Crippen LogP contribution >= 0.6 is 0 Å². The first kappa shape index (κ1) is 26.7. The minimum atomic E-state index is -0.852. The second-order valence-electron chi connectivity index (χ2n) is 7.72. The summed E-state index contributed by atoms with van der Waals surface area (Å²) in [6.07, 6.45) is 4.91. The van der Waals surface area contributed by atoms with Gasteiger partial charge in [-0.05, 0) is 0 Å². The van der Waals surface area contributed by atoms with E-state index >= 15 is 0 Å². The van der Waals surface area contributed by atoms with Crippen LogP contribution in [0.2, 0.25) is 18.6 Å². The average molecular weight is 461 g/mol. The summed E-state index contributed by atoms with van der Waals surface area (Å²) in [5.74, 6) is 0. The van der Waals surface area contributed by atoms with Crippen molar-refractivity contribution in [2.45, 2.75) is 66.6 Å². The minimum absolute atomic E-state index is 0. The van der Waals surface area contributed by atoms with E-state index in [1.54, 1.807) is 5.19 Å². The Kier molecular flexibility index (Phi) is 11.1. The Balaban J connectivity index is 0. The van der Waals surface area contributed by atoms with E-state index in [4.69, 9.17) is 0 Å². The summed E-state index contributed by atoms with van der Waals surface area (Å²) >= 11 is 0. The van der Waals surface area contributed by atoms with Crippen molar-refractivity contribution in [1.82, 2.24) is 0 Å². The first-order valence-electron chi connectivity index (χ1n) is 8.20. The molecule has 0 nitrogen and oxygen atoms in total. The Labute approximate surface area is 181 Å². The Morgan fingerprint density at radius 3 is 1.88 bits per heavy atom. The van der Waals surface area contributed by atoms with Crippen LogP contribution in [-0.2, 0) is 26.2 Å². The van der Waals surface area contributed by atoms with E-state index in [1.165, 1.54) is 40.8 Å². The summed E-state index contributed by atoms with van der Waals surface area (Å²) < 4.78 is 0. The summed E-state index contributed by atoms with van der Waals surface area (Å²) in [6, 6.07) is 10.0. The Morgan fingerprint density at radius 2 is 1.67 bits per heavy atom. The number of hydrogen-bond acceptors (Lipinski definition) is 0. The Morgan fingerprint density at radius 1 is 1.12 bits per heavy atom. The Bertz CT molecular complexity index is 593. The van der Waals surface area contributed by atoms with Crippen LogP contribution in [-0.4, -0.2) is 8.07 Å². The van der Waals surface area contributed by atoms with Crippen LogP contribution in [0.25, 0.3) is 0 Å². The van der Waals surface area contributed by atoms with Gasteiger partial charge in [0.15, 0.2) is 0 Å². The summed E-state index contributed by atoms with van der Waals surface area (Å²) in [6.45, 7) is 15.6.